The maximum atomic E-state index is 12.9. The molecule has 0 saturated heterocycles. The van der Waals surface area contributed by atoms with Gasteiger partial charge in [-0.25, -0.2) is 4.39 Å². The maximum Gasteiger partial charge on any atom is 0.450 e. The van der Waals surface area contributed by atoms with Crippen molar-refractivity contribution in [1.29, 1.82) is 0 Å². The van der Waals surface area contributed by atoms with Crippen molar-refractivity contribution < 1.29 is 8.87 Å². The Balaban J connectivity index is 2.62. The monoisotopic (exact) mass is 217 g/mol. The van der Waals surface area contributed by atoms with E-state index in [2.05, 4.69) is 0 Å². The molecule has 0 N–H and O–H groups in total. The zero-order valence-corrected chi connectivity index (χ0v) is 8.26. The van der Waals surface area contributed by atoms with Gasteiger partial charge in [0.1, 0.15) is 0 Å². The van der Waals surface area contributed by atoms with Crippen LogP contribution in [-0.4, -0.2) is 5.11 Å². The van der Waals surface area contributed by atoms with E-state index < -0.39 is 5.11 Å². The molecule has 1 aliphatic heterocycles. The van der Waals surface area contributed by atoms with Crippen molar-refractivity contribution in [3.05, 3.63) is 35.9 Å². The van der Waals surface area contributed by atoms with Crippen LogP contribution < -0.4 is 4.48 Å². The molecule has 2 heterocycles. The molecule has 0 saturated carbocycles. The number of halogens is 3. The highest BCUT2D eigenvalue weighted by molar-refractivity contribution is 7.41. The highest BCUT2D eigenvalue weighted by Crippen LogP contribution is 2.22. The van der Waals surface area contributed by atoms with E-state index in [0.717, 1.165) is 5.69 Å². The number of allylic oxidation sites excluding steroid dienone is 1. The lowest BCUT2D eigenvalue weighted by molar-refractivity contribution is -0.542. The van der Waals surface area contributed by atoms with Crippen molar-refractivity contribution in [2.45, 2.75) is 6.32 Å². The first kappa shape index (κ1) is 9.04. The SMILES string of the molecule is Fc1ccc2[n+](c1)[B-](Cl)(Cl)CC=C2. The fraction of sp³-hybridized carbons (Fsp3) is 0.125. The molecule has 1 nitrogen and oxygen atoms in total. The van der Waals surface area contributed by atoms with E-state index in [1.54, 1.807) is 10.5 Å². The lowest BCUT2D eigenvalue weighted by Crippen LogP contribution is -2.59. The fourth-order valence-corrected chi connectivity index (χ4v) is 1.98. The van der Waals surface area contributed by atoms with Crippen LogP contribution >= 0.6 is 22.9 Å². The molecule has 0 fully saturated rings. The van der Waals surface area contributed by atoms with Crippen LogP contribution in [0.1, 0.15) is 5.69 Å². The zero-order chi connectivity index (χ0) is 9.47. The van der Waals surface area contributed by atoms with Crippen molar-refractivity contribution in [2.75, 3.05) is 0 Å². The summed E-state index contributed by atoms with van der Waals surface area (Å²) in [5, 5.41) is -1.71. The van der Waals surface area contributed by atoms with Gasteiger partial charge in [0.25, 0.3) is 0 Å². The van der Waals surface area contributed by atoms with E-state index in [-0.39, 0.29) is 5.82 Å². The first-order valence-electron chi connectivity index (χ1n) is 4.00. The molecule has 0 amide bonds. The summed E-state index contributed by atoms with van der Waals surface area (Å²) < 4.78 is 14.5. The van der Waals surface area contributed by atoms with Crippen LogP contribution in [0, 0.1) is 5.82 Å². The van der Waals surface area contributed by atoms with E-state index >= 15 is 0 Å². The second-order valence-corrected chi connectivity index (χ2v) is 4.75. The third-order valence-corrected chi connectivity index (χ3v) is 2.87. The van der Waals surface area contributed by atoms with Gasteiger partial charge < -0.3 is 4.48 Å². The smallest absolute Gasteiger partial charge is 0.390 e. The molecule has 1 aromatic heterocycles. The van der Waals surface area contributed by atoms with Gasteiger partial charge in [0.05, 0.1) is 0 Å². The molecule has 0 aliphatic carbocycles. The maximum absolute atomic E-state index is 12.9. The number of pyridine rings is 1. The van der Waals surface area contributed by atoms with Crippen LogP contribution in [0.15, 0.2) is 24.4 Å². The van der Waals surface area contributed by atoms with Gasteiger partial charge in [-0.1, -0.05) is 6.32 Å². The Labute approximate surface area is 85.5 Å². The van der Waals surface area contributed by atoms with Crippen LogP contribution in [0.4, 0.5) is 4.39 Å². The van der Waals surface area contributed by atoms with Gasteiger partial charge in [-0.05, 0) is 12.1 Å². The zero-order valence-electron chi connectivity index (χ0n) is 6.75. The van der Waals surface area contributed by atoms with E-state index in [0.29, 0.717) is 6.32 Å². The predicted molar refractivity (Wildman–Crippen MR) is 53.3 cm³/mol. The van der Waals surface area contributed by atoms with Crippen LogP contribution in [0.5, 0.6) is 0 Å². The summed E-state index contributed by atoms with van der Waals surface area (Å²) in [6, 6.07) is 3.05. The molecule has 1 aromatic rings. The third kappa shape index (κ3) is 1.58. The van der Waals surface area contributed by atoms with Gasteiger partial charge in [0.2, 0.25) is 0 Å². The van der Waals surface area contributed by atoms with E-state index in [4.69, 9.17) is 22.9 Å². The van der Waals surface area contributed by atoms with Crippen molar-refractivity contribution in [2.24, 2.45) is 0 Å². The number of aromatic nitrogens is 1. The van der Waals surface area contributed by atoms with Crippen LogP contribution in [0.2, 0.25) is 6.32 Å². The Bertz CT molecular complexity index is 378. The lowest BCUT2D eigenvalue weighted by atomic mass is 9.80. The molecule has 1 aliphatic rings. The van der Waals surface area contributed by atoms with Gasteiger partial charge in [0.15, 0.2) is 17.7 Å². The molecule has 13 heavy (non-hydrogen) atoms. The minimum atomic E-state index is -1.71. The topological polar surface area (TPSA) is 3.88 Å². The van der Waals surface area contributed by atoms with Gasteiger partial charge in [-0.2, -0.15) is 0 Å². The average Bonchev–Trinajstić information content (AvgIpc) is 2.06. The van der Waals surface area contributed by atoms with Crippen molar-refractivity contribution >= 4 is 34.1 Å². The summed E-state index contributed by atoms with van der Waals surface area (Å²) in [7, 11) is 0. The first-order chi connectivity index (χ1) is 6.09. The van der Waals surface area contributed by atoms with E-state index in [1.807, 2.05) is 12.2 Å². The molecule has 0 aromatic carbocycles. The van der Waals surface area contributed by atoms with Crippen molar-refractivity contribution in [3.8, 4) is 0 Å². The molecule has 0 spiro atoms. The Kier molecular flexibility index (Phi) is 2.08. The summed E-state index contributed by atoms with van der Waals surface area (Å²) in [6.07, 6.45) is 5.65. The standard InChI is InChI=1S/C8H7BCl2FN/c10-9(11)5-1-2-8-4-3-7(12)6-13(8)9/h1-4,6H,5H2. The molecular formula is C8H7BCl2FN. The molecule has 0 unspecified atom stereocenters. The Morgan fingerprint density at radius 1 is 1.38 bits per heavy atom. The molecule has 0 radical (unpaired) electrons. The fourth-order valence-electron chi connectivity index (χ4n) is 1.44. The summed E-state index contributed by atoms with van der Waals surface area (Å²) in [5.74, 6) is -0.327. The molecule has 0 bridgehead atoms. The highest BCUT2D eigenvalue weighted by atomic mass is 35.5. The number of hydrogen-bond acceptors (Lipinski definition) is 0. The highest BCUT2D eigenvalue weighted by Gasteiger charge is 2.34. The van der Waals surface area contributed by atoms with E-state index in [9.17, 15) is 4.39 Å². The molecule has 68 valence electrons. The van der Waals surface area contributed by atoms with Crippen LogP contribution in [-0.2, 0) is 0 Å². The first-order valence-corrected chi connectivity index (χ1v) is 4.88. The average molecular weight is 218 g/mol. The summed E-state index contributed by atoms with van der Waals surface area (Å²) in [4.78, 5) is 0. The quantitative estimate of drug-likeness (QED) is 0.588. The van der Waals surface area contributed by atoms with Gasteiger partial charge in [0, 0.05) is 6.07 Å². The molecule has 0 atom stereocenters. The second-order valence-electron chi connectivity index (χ2n) is 3.09. The number of nitrogens with zero attached hydrogens (tertiary/aromatic N) is 1. The van der Waals surface area contributed by atoms with Gasteiger partial charge >= 0.3 is 5.11 Å². The normalized spacial score (nSPS) is 18.4. The molecule has 2 rings (SSSR count). The number of hydrogen-bond donors (Lipinski definition) is 0. The largest absolute Gasteiger partial charge is 0.450 e. The summed E-state index contributed by atoms with van der Waals surface area (Å²) in [5.41, 5.74) is 0.831. The Morgan fingerprint density at radius 2 is 2.15 bits per heavy atom. The Morgan fingerprint density at radius 3 is 2.92 bits per heavy atom. The minimum absolute atomic E-state index is 0.327. The van der Waals surface area contributed by atoms with Gasteiger partial charge in [-0.15, -0.1) is 6.08 Å². The van der Waals surface area contributed by atoms with Crippen molar-refractivity contribution in [1.82, 2.24) is 0 Å². The summed E-state index contributed by atoms with van der Waals surface area (Å²) >= 11 is 12.1. The molecule has 5 heteroatoms. The van der Waals surface area contributed by atoms with Crippen molar-refractivity contribution in [3.63, 3.8) is 0 Å². The Hall–Kier alpha value is -0.535. The van der Waals surface area contributed by atoms with Crippen LogP contribution in [0.3, 0.4) is 0 Å². The number of fused-ring (bicyclic) bond motifs is 1. The predicted octanol–water partition coefficient (Wildman–Crippen LogP) is 2.40. The number of rotatable bonds is 0. The molecular weight excluding hydrogens is 211 g/mol. The second kappa shape index (κ2) is 3.00. The summed E-state index contributed by atoms with van der Waals surface area (Å²) in [6.45, 7) is 0. The lowest BCUT2D eigenvalue weighted by Gasteiger charge is -2.24. The van der Waals surface area contributed by atoms with Gasteiger partial charge in [-0.3, -0.25) is 22.9 Å². The van der Waals surface area contributed by atoms with E-state index in [1.165, 1.54) is 12.3 Å². The third-order valence-electron chi connectivity index (χ3n) is 2.09. The minimum Gasteiger partial charge on any atom is -0.390 e. The van der Waals surface area contributed by atoms with Crippen LogP contribution in [0.25, 0.3) is 6.08 Å².